The molecule has 10 aromatic rings. The van der Waals surface area contributed by atoms with Crippen molar-refractivity contribution in [2.24, 2.45) is 4.99 Å². The summed E-state index contributed by atoms with van der Waals surface area (Å²) in [5, 5.41) is 8.78. The molecule has 0 spiro atoms. The highest BCUT2D eigenvalue weighted by Crippen LogP contribution is 2.39. The normalized spacial score (nSPS) is 15.5. The van der Waals surface area contributed by atoms with Crippen LogP contribution in [0.2, 0.25) is 0 Å². The van der Waals surface area contributed by atoms with Crippen LogP contribution in [-0.2, 0) is 5.54 Å². The average molecular weight is 731 g/mol. The van der Waals surface area contributed by atoms with E-state index in [0.29, 0.717) is 0 Å². The third-order valence-corrected chi connectivity index (χ3v) is 11.5. The van der Waals surface area contributed by atoms with Crippen molar-refractivity contribution in [1.82, 2.24) is 14.5 Å². The fourth-order valence-electron chi connectivity index (χ4n) is 8.80. The molecule has 4 heteroatoms. The summed E-state index contributed by atoms with van der Waals surface area (Å²) in [7, 11) is 0. The Bertz CT molecular complexity index is 3210. The number of nitrogens with one attached hydrogen (secondary N) is 1. The molecule has 0 saturated carbocycles. The summed E-state index contributed by atoms with van der Waals surface area (Å²) in [4.78, 5) is 5.25. The number of aromatic nitrogens is 2. The molecular weight excluding hydrogens is 693 g/mol. The summed E-state index contributed by atoms with van der Waals surface area (Å²) in [6, 6.07) is 71.8. The third-order valence-electron chi connectivity index (χ3n) is 11.5. The lowest BCUT2D eigenvalue weighted by Crippen LogP contribution is -2.44. The van der Waals surface area contributed by atoms with Crippen molar-refractivity contribution in [3.05, 3.63) is 223 Å². The minimum Gasteiger partial charge on any atom is -0.357 e. The van der Waals surface area contributed by atoms with Gasteiger partial charge in [0.1, 0.15) is 5.84 Å². The second-order valence-corrected chi connectivity index (χ2v) is 15.1. The van der Waals surface area contributed by atoms with Crippen LogP contribution in [0.4, 0.5) is 0 Å². The smallest absolute Gasteiger partial charge is 0.134 e. The first kappa shape index (κ1) is 33.0. The molecular formula is C53H38N4. The first-order valence-electron chi connectivity index (χ1n) is 19.6. The second kappa shape index (κ2) is 13.1. The van der Waals surface area contributed by atoms with Crippen LogP contribution in [0, 0.1) is 0 Å². The van der Waals surface area contributed by atoms with Crippen LogP contribution >= 0.6 is 0 Å². The van der Waals surface area contributed by atoms with Crippen LogP contribution < -0.4 is 5.32 Å². The summed E-state index contributed by atoms with van der Waals surface area (Å²) in [5.41, 5.74) is 13.2. The van der Waals surface area contributed by atoms with E-state index >= 15 is 0 Å². The van der Waals surface area contributed by atoms with Gasteiger partial charge in [-0.25, -0.2) is 4.99 Å². The molecule has 1 aliphatic rings. The quantitative estimate of drug-likeness (QED) is 0.182. The summed E-state index contributed by atoms with van der Waals surface area (Å²) in [6.45, 7) is 2.23. The minimum absolute atomic E-state index is 0.456. The Morgan fingerprint density at radius 2 is 0.895 bits per heavy atom. The van der Waals surface area contributed by atoms with Crippen molar-refractivity contribution in [3.8, 4) is 22.5 Å². The van der Waals surface area contributed by atoms with E-state index in [0.717, 1.165) is 33.9 Å². The maximum atomic E-state index is 5.25. The molecule has 57 heavy (non-hydrogen) atoms. The Morgan fingerprint density at radius 1 is 0.404 bits per heavy atom. The van der Waals surface area contributed by atoms with Crippen molar-refractivity contribution in [2.75, 3.05) is 0 Å². The zero-order valence-electron chi connectivity index (χ0n) is 31.5. The van der Waals surface area contributed by atoms with Crippen molar-refractivity contribution >= 4 is 55.1 Å². The van der Waals surface area contributed by atoms with Crippen molar-refractivity contribution in [2.45, 2.75) is 12.5 Å². The first-order valence-corrected chi connectivity index (χ1v) is 19.6. The average Bonchev–Trinajstić information content (AvgIpc) is 3.79. The standard InChI is InChI=1S/C53H38N4/c1-53(40-19-7-3-8-20-40)35-47(36-16-5-2-6-17-36)54-52(55-53)39-18-15-23-42(32-39)57-49-27-14-12-25-44(49)46-34-38(29-31-51(46)57)37-28-30-50-45(33-37)43-24-11-13-26-48(43)56(50)41-21-9-4-10-22-41/h2-35H,1H3,(H,54,55). The van der Waals surface area contributed by atoms with E-state index in [9.17, 15) is 0 Å². The van der Waals surface area contributed by atoms with Crippen LogP contribution in [0.25, 0.3) is 71.8 Å². The van der Waals surface area contributed by atoms with Gasteiger partial charge >= 0.3 is 0 Å². The zero-order valence-corrected chi connectivity index (χ0v) is 31.5. The number of hydrogen-bond acceptors (Lipinski definition) is 2. The van der Waals surface area contributed by atoms with Crippen molar-refractivity contribution < 1.29 is 0 Å². The van der Waals surface area contributed by atoms with E-state index in [4.69, 9.17) is 4.99 Å². The fraction of sp³-hybridized carbons (Fsp3) is 0.0377. The monoisotopic (exact) mass is 730 g/mol. The van der Waals surface area contributed by atoms with Gasteiger partial charge in [-0.05, 0) is 95.9 Å². The number of benzene rings is 8. The van der Waals surface area contributed by atoms with Crippen LogP contribution in [0.15, 0.2) is 211 Å². The Hall–Kier alpha value is -7.43. The summed E-state index contributed by atoms with van der Waals surface area (Å²) < 4.78 is 4.76. The van der Waals surface area contributed by atoms with Crippen molar-refractivity contribution in [1.29, 1.82) is 0 Å². The van der Waals surface area contributed by atoms with E-state index in [-0.39, 0.29) is 0 Å². The van der Waals surface area contributed by atoms with Gasteiger partial charge < -0.3 is 14.5 Å². The highest BCUT2D eigenvalue weighted by Gasteiger charge is 2.30. The molecule has 0 radical (unpaired) electrons. The second-order valence-electron chi connectivity index (χ2n) is 15.1. The Balaban J connectivity index is 1.03. The Morgan fingerprint density at radius 3 is 1.53 bits per heavy atom. The van der Waals surface area contributed by atoms with Gasteiger partial charge in [0.2, 0.25) is 0 Å². The number of rotatable bonds is 6. The van der Waals surface area contributed by atoms with E-state index in [1.54, 1.807) is 0 Å². The van der Waals surface area contributed by atoms with E-state index in [1.807, 2.05) is 0 Å². The predicted octanol–water partition coefficient (Wildman–Crippen LogP) is 12.9. The number of hydrogen-bond donors (Lipinski definition) is 1. The van der Waals surface area contributed by atoms with Gasteiger partial charge in [0.25, 0.3) is 0 Å². The first-order chi connectivity index (χ1) is 28.1. The Labute approximate surface area is 331 Å². The maximum absolute atomic E-state index is 5.25. The van der Waals surface area contributed by atoms with E-state index in [1.165, 1.54) is 60.5 Å². The molecule has 0 fully saturated rings. The zero-order chi connectivity index (χ0) is 37.9. The summed E-state index contributed by atoms with van der Waals surface area (Å²) in [6.07, 6.45) is 2.24. The van der Waals surface area contributed by atoms with Crippen LogP contribution in [0.3, 0.4) is 0 Å². The highest BCUT2D eigenvalue weighted by atomic mass is 15.1. The topological polar surface area (TPSA) is 34.2 Å². The lowest BCUT2D eigenvalue weighted by molar-refractivity contribution is 0.547. The molecule has 1 N–H and O–H groups in total. The van der Waals surface area contributed by atoms with Crippen molar-refractivity contribution in [3.63, 3.8) is 0 Å². The highest BCUT2D eigenvalue weighted by molar-refractivity contribution is 6.13. The minimum atomic E-state index is -0.456. The molecule has 1 unspecified atom stereocenters. The molecule has 11 rings (SSSR count). The number of amidine groups is 1. The molecule has 0 aliphatic carbocycles. The molecule has 0 saturated heterocycles. The molecule has 4 nitrogen and oxygen atoms in total. The maximum Gasteiger partial charge on any atom is 0.134 e. The lowest BCUT2D eigenvalue weighted by Gasteiger charge is -2.34. The molecule has 1 aliphatic heterocycles. The van der Waals surface area contributed by atoms with Crippen LogP contribution in [-0.4, -0.2) is 15.0 Å². The predicted molar refractivity (Wildman–Crippen MR) is 238 cm³/mol. The summed E-state index contributed by atoms with van der Waals surface area (Å²) in [5.74, 6) is 0.844. The SMILES string of the molecule is CC1(c2ccccc2)C=C(c2ccccc2)N=C(c2cccc(-n3c4ccccc4c4cc(-c5ccc6c(c5)c5ccccc5n6-c5ccccc5)ccc43)c2)N1. The molecule has 8 aromatic carbocycles. The molecule has 3 heterocycles. The fourth-order valence-corrected chi connectivity index (χ4v) is 8.80. The van der Waals surface area contributed by atoms with Gasteiger partial charge in [0.05, 0.1) is 33.3 Å². The van der Waals surface area contributed by atoms with Gasteiger partial charge in [0, 0.05) is 38.5 Å². The number of aliphatic imine (C=N–C) groups is 1. The van der Waals surface area contributed by atoms with Gasteiger partial charge in [-0.3, -0.25) is 0 Å². The van der Waals surface area contributed by atoms with Gasteiger partial charge in [-0.1, -0.05) is 140 Å². The molecule has 0 amide bonds. The van der Waals surface area contributed by atoms with Crippen LogP contribution in [0.1, 0.15) is 23.6 Å². The molecule has 270 valence electrons. The van der Waals surface area contributed by atoms with Gasteiger partial charge in [-0.15, -0.1) is 0 Å². The number of fused-ring (bicyclic) bond motifs is 6. The van der Waals surface area contributed by atoms with Gasteiger partial charge in [-0.2, -0.15) is 0 Å². The van der Waals surface area contributed by atoms with E-state index in [2.05, 4.69) is 228 Å². The number of nitrogens with zero attached hydrogens (tertiary/aromatic N) is 3. The summed E-state index contributed by atoms with van der Waals surface area (Å²) >= 11 is 0. The molecule has 1 atom stereocenters. The lowest BCUT2D eigenvalue weighted by atomic mass is 9.88. The molecule has 0 bridgehead atoms. The largest absolute Gasteiger partial charge is 0.357 e. The molecule has 2 aromatic heterocycles. The Kier molecular flexibility index (Phi) is 7.58. The third kappa shape index (κ3) is 5.49. The van der Waals surface area contributed by atoms with Crippen LogP contribution in [0.5, 0.6) is 0 Å². The number of para-hydroxylation sites is 3. The van der Waals surface area contributed by atoms with E-state index < -0.39 is 5.54 Å². The van der Waals surface area contributed by atoms with Gasteiger partial charge in [0.15, 0.2) is 0 Å².